The predicted octanol–water partition coefficient (Wildman–Crippen LogP) is 0.776. The summed E-state index contributed by atoms with van der Waals surface area (Å²) in [6.45, 7) is 6.59. The van der Waals surface area contributed by atoms with E-state index in [-0.39, 0.29) is 11.9 Å². The summed E-state index contributed by atoms with van der Waals surface area (Å²) in [6, 6.07) is -0.240. The SMILES string of the molecule is COCCN1C(=O)N(C)C(=O)C12CCN(Cc1c(C)noc1C)C2. The number of likely N-dealkylation sites (tertiary alicyclic amines) is 1. The summed E-state index contributed by atoms with van der Waals surface area (Å²) in [4.78, 5) is 30.3. The molecule has 0 bridgehead atoms. The number of likely N-dealkylation sites (N-methyl/N-ethyl adjacent to an activating group) is 1. The molecule has 0 saturated carbocycles. The number of amides is 3. The highest BCUT2D eigenvalue weighted by molar-refractivity contribution is 6.07. The number of aromatic nitrogens is 1. The number of methoxy groups -OCH3 is 1. The van der Waals surface area contributed by atoms with Crippen molar-refractivity contribution in [3.05, 3.63) is 17.0 Å². The maximum atomic E-state index is 12.8. The largest absolute Gasteiger partial charge is 0.383 e. The van der Waals surface area contributed by atoms with E-state index in [1.54, 1.807) is 19.1 Å². The van der Waals surface area contributed by atoms with E-state index in [0.717, 1.165) is 23.6 Å². The first-order valence-electron chi connectivity index (χ1n) is 8.13. The first-order chi connectivity index (χ1) is 11.4. The van der Waals surface area contributed by atoms with Crippen LogP contribution in [0.4, 0.5) is 4.79 Å². The van der Waals surface area contributed by atoms with Gasteiger partial charge in [-0.25, -0.2) is 4.79 Å². The van der Waals surface area contributed by atoms with E-state index in [0.29, 0.717) is 32.7 Å². The summed E-state index contributed by atoms with van der Waals surface area (Å²) in [5.41, 5.74) is 1.15. The van der Waals surface area contributed by atoms with Crippen LogP contribution in [0.15, 0.2) is 4.52 Å². The Bertz CT molecular complexity index is 639. The number of urea groups is 1. The zero-order valence-electron chi connectivity index (χ0n) is 14.7. The van der Waals surface area contributed by atoms with Crippen molar-refractivity contribution in [3.63, 3.8) is 0 Å². The van der Waals surface area contributed by atoms with E-state index in [2.05, 4.69) is 10.1 Å². The molecule has 0 radical (unpaired) electrons. The summed E-state index contributed by atoms with van der Waals surface area (Å²) >= 11 is 0. The van der Waals surface area contributed by atoms with Gasteiger partial charge in [0.1, 0.15) is 11.3 Å². The van der Waals surface area contributed by atoms with Crippen LogP contribution in [-0.4, -0.2) is 77.7 Å². The number of hydrogen-bond acceptors (Lipinski definition) is 6. The van der Waals surface area contributed by atoms with Gasteiger partial charge in [-0.15, -0.1) is 0 Å². The number of rotatable bonds is 5. The Balaban J connectivity index is 1.80. The summed E-state index contributed by atoms with van der Waals surface area (Å²) in [5.74, 6) is 0.681. The predicted molar refractivity (Wildman–Crippen MR) is 85.4 cm³/mol. The maximum Gasteiger partial charge on any atom is 0.327 e. The Kier molecular flexibility index (Phi) is 4.35. The molecule has 3 amide bonds. The molecule has 2 aliphatic rings. The van der Waals surface area contributed by atoms with Gasteiger partial charge in [0.25, 0.3) is 5.91 Å². The van der Waals surface area contributed by atoms with Gasteiger partial charge in [0.15, 0.2) is 0 Å². The summed E-state index contributed by atoms with van der Waals surface area (Å²) in [5, 5.41) is 3.98. The van der Waals surface area contributed by atoms with Crippen LogP contribution < -0.4 is 0 Å². The molecule has 3 heterocycles. The summed E-state index contributed by atoms with van der Waals surface area (Å²) in [6.07, 6.45) is 0.634. The molecule has 0 aromatic carbocycles. The molecule has 0 N–H and O–H groups in total. The van der Waals surface area contributed by atoms with Crippen LogP contribution in [0, 0.1) is 13.8 Å². The normalized spacial score (nSPS) is 24.8. The minimum absolute atomic E-state index is 0.120. The first-order valence-corrected chi connectivity index (χ1v) is 8.13. The van der Waals surface area contributed by atoms with E-state index in [1.807, 2.05) is 13.8 Å². The van der Waals surface area contributed by atoms with Crippen molar-refractivity contribution >= 4 is 11.9 Å². The third-order valence-corrected chi connectivity index (χ3v) is 5.15. The fraction of sp³-hybridized carbons (Fsp3) is 0.688. The van der Waals surface area contributed by atoms with Crippen LogP contribution >= 0.6 is 0 Å². The fourth-order valence-corrected chi connectivity index (χ4v) is 3.72. The molecular weight excluding hydrogens is 312 g/mol. The summed E-state index contributed by atoms with van der Waals surface area (Å²) in [7, 11) is 3.15. The zero-order valence-corrected chi connectivity index (χ0v) is 14.7. The quantitative estimate of drug-likeness (QED) is 0.739. The van der Waals surface area contributed by atoms with Crippen molar-refractivity contribution in [2.24, 2.45) is 0 Å². The number of imide groups is 1. The van der Waals surface area contributed by atoms with Crippen molar-refractivity contribution in [2.45, 2.75) is 32.4 Å². The average Bonchev–Trinajstić information content (AvgIpc) is 3.17. The fourth-order valence-electron chi connectivity index (χ4n) is 3.72. The Morgan fingerprint density at radius 2 is 2.08 bits per heavy atom. The number of ether oxygens (including phenoxy) is 1. The van der Waals surface area contributed by atoms with Crippen molar-refractivity contribution in [2.75, 3.05) is 40.4 Å². The first kappa shape index (κ1) is 16.9. The van der Waals surface area contributed by atoms with E-state index < -0.39 is 5.54 Å². The van der Waals surface area contributed by atoms with Gasteiger partial charge in [0, 0.05) is 45.9 Å². The lowest BCUT2D eigenvalue weighted by Gasteiger charge is -2.31. The van der Waals surface area contributed by atoms with E-state index >= 15 is 0 Å². The van der Waals surface area contributed by atoms with Gasteiger partial charge in [-0.3, -0.25) is 14.6 Å². The van der Waals surface area contributed by atoms with Crippen LogP contribution in [0.3, 0.4) is 0 Å². The molecule has 1 atom stereocenters. The van der Waals surface area contributed by atoms with Crippen LogP contribution in [0.1, 0.15) is 23.4 Å². The van der Waals surface area contributed by atoms with Crippen LogP contribution in [0.5, 0.6) is 0 Å². The summed E-state index contributed by atoms with van der Waals surface area (Å²) < 4.78 is 10.3. The molecule has 3 rings (SSSR count). The second-order valence-corrected chi connectivity index (χ2v) is 6.59. The molecule has 2 aliphatic heterocycles. The second-order valence-electron chi connectivity index (χ2n) is 6.59. The number of aryl methyl sites for hydroxylation is 2. The third-order valence-electron chi connectivity index (χ3n) is 5.15. The lowest BCUT2D eigenvalue weighted by molar-refractivity contribution is -0.132. The lowest BCUT2D eigenvalue weighted by atomic mass is 9.97. The molecule has 1 aromatic rings. The average molecular weight is 336 g/mol. The molecule has 8 nitrogen and oxygen atoms in total. The van der Waals surface area contributed by atoms with Crippen molar-refractivity contribution in [3.8, 4) is 0 Å². The van der Waals surface area contributed by atoms with Crippen LogP contribution in [0.25, 0.3) is 0 Å². The van der Waals surface area contributed by atoms with Gasteiger partial charge in [0.2, 0.25) is 0 Å². The minimum atomic E-state index is -0.774. The van der Waals surface area contributed by atoms with E-state index in [4.69, 9.17) is 9.26 Å². The van der Waals surface area contributed by atoms with Gasteiger partial charge in [-0.1, -0.05) is 5.16 Å². The molecule has 8 heteroatoms. The molecule has 2 fully saturated rings. The Morgan fingerprint density at radius 1 is 1.33 bits per heavy atom. The molecule has 1 aromatic heterocycles. The van der Waals surface area contributed by atoms with Crippen molar-refractivity contribution in [1.29, 1.82) is 0 Å². The highest BCUT2D eigenvalue weighted by Crippen LogP contribution is 2.36. The van der Waals surface area contributed by atoms with Gasteiger partial charge >= 0.3 is 6.03 Å². The van der Waals surface area contributed by atoms with Crippen LogP contribution in [-0.2, 0) is 16.1 Å². The monoisotopic (exact) mass is 336 g/mol. The van der Waals surface area contributed by atoms with Gasteiger partial charge in [-0.05, 0) is 20.3 Å². The standard InChI is InChI=1S/C16H24N4O4/c1-11-13(12(2)24-17-11)9-19-6-5-16(10-19)14(21)18(3)15(22)20(16)7-8-23-4/h5-10H2,1-4H3. The number of carbonyl (C=O) groups is 2. The minimum Gasteiger partial charge on any atom is -0.383 e. The Morgan fingerprint density at radius 3 is 2.71 bits per heavy atom. The van der Waals surface area contributed by atoms with Gasteiger partial charge < -0.3 is 14.2 Å². The van der Waals surface area contributed by atoms with Crippen LogP contribution in [0.2, 0.25) is 0 Å². The van der Waals surface area contributed by atoms with E-state index in [9.17, 15) is 9.59 Å². The lowest BCUT2D eigenvalue weighted by Crippen LogP contribution is -2.52. The van der Waals surface area contributed by atoms with Crippen molar-refractivity contribution < 1.29 is 18.8 Å². The number of nitrogens with zero attached hydrogens (tertiary/aromatic N) is 4. The highest BCUT2D eigenvalue weighted by Gasteiger charge is 2.58. The number of hydrogen-bond donors (Lipinski definition) is 0. The smallest absolute Gasteiger partial charge is 0.327 e. The third kappa shape index (κ3) is 2.50. The highest BCUT2D eigenvalue weighted by atomic mass is 16.5. The van der Waals surface area contributed by atoms with Gasteiger partial charge in [0.05, 0.1) is 12.3 Å². The van der Waals surface area contributed by atoms with E-state index in [1.165, 1.54) is 4.90 Å². The Hall–Kier alpha value is -1.93. The topological polar surface area (TPSA) is 79.1 Å². The molecule has 2 saturated heterocycles. The molecule has 1 unspecified atom stereocenters. The molecule has 1 spiro atoms. The number of carbonyl (C=O) groups excluding carboxylic acids is 2. The van der Waals surface area contributed by atoms with Crippen molar-refractivity contribution in [1.82, 2.24) is 19.9 Å². The molecular formula is C16H24N4O4. The molecule has 24 heavy (non-hydrogen) atoms. The molecule has 132 valence electrons. The molecule has 0 aliphatic carbocycles. The Labute approximate surface area is 141 Å². The maximum absolute atomic E-state index is 12.8. The second kappa shape index (κ2) is 6.18. The zero-order chi connectivity index (χ0) is 17.5. The van der Waals surface area contributed by atoms with Gasteiger partial charge in [-0.2, -0.15) is 0 Å².